The van der Waals surface area contributed by atoms with Crippen molar-refractivity contribution < 1.29 is 4.39 Å². The summed E-state index contributed by atoms with van der Waals surface area (Å²) in [5.74, 6) is 0.755. The maximum absolute atomic E-state index is 13.0. The van der Waals surface area contributed by atoms with E-state index in [0.29, 0.717) is 12.5 Å². The number of nitrogens with zero attached hydrogens (tertiary/aromatic N) is 1. The van der Waals surface area contributed by atoms with Crippen LogP contribution >= 0.6 is 0 Å². The highest BCUT2D eigenvalue weighted by Gasteiger charge is 2.32. The van der Waals surface area contributed by atoms with E-state index in [1.807, 2.05) is 7.05 Å². The molecule has 0 aromatic carbocycles. The van der Waals surface area contributed by atoms with Gasteiger partial charge in [-0.2, -0.15) is 0 Å². The van der Waals surface area contributed by atoms with Crippen molar-refractivity contribution in [2.45, 2.75) is 20.0 Å². The monoisotopic (exact) mass is 145 g/mol. The largest absolute Gasteiger partial charge is 0.303 e. The first-order valence-electron chi connectivity index (χ1n) is 3.94. The molecule has 0 aliphatic carbocycles. The molecule has 1 aliphatic rings. The van der Waals surface area contributed by atoms with Gasteiger partial charge in [0.15, 0.2) is 0 Å². The molecule has 1 nitrogen and oxygen atoms in total. The summed E-state index contributed by atoms with van der Waals surface area (Å²) >= 11 is 0. The van der Waals surface area contributed by atoms with Gasteiger partial charge in [-0.1, -0.05) is 13.8 Å². The van der Waals surface area contributed by atoms with Gasteiger partial charge in [-0.25, -0.2) is 4.39 Å². The Kier molecular flexibility index (Phi) is 2.29. The second-order valence-electron chi connectivity index (χ2n) is 3.65. The van der Waals surface area contributed by atoms with Gasteiger partial charge in [-0.05, 0) is 13.0 Å². The number of alkyl halides is 1. The van der Waals surface area contributed by atoms with Gasteiger partial charge < -0.3 is 4.90 Å². The zero-order chi connectivity index (χ0) is 7.72. The number of likely N-dealkylation sites (tertiary alicyclic amines) is 1. The van der Waals surface area contributed by atoms with Gasteiger partial charge in [0.1, 0.15) is 6.17 Å². The number of hydrogen-bond acceptors (Lipinski definition) is 1. The highest BCUT2D eigenvalue weighted by Crippen LogP contribution is 2.25. The van der Waals surface area contributed by atoms with Gasteiger partial charge in [0.2, 0.25) is 0 Å². The molecular weight excluding hydrogens is 129 g/mol. The summed E-state index contributed by atoms with van der Waals surface area (Å²) in [4.78, 5) is 2.06. The molecule has 1 rings (SSSR count). The number of halogens is 1. The molecule has 0 radical (unpaired) electrons. The van der Waals surface area contributed by atoms with Crippen LogP contribution in [0.25, 0.3) is 0 Å². The Morgan fingerprint density at radius 2 is 2.00 bits per heavy atom. The van der Waals surface area contributed by atoms with Gasteiger partial charge in [0, 0.05) is 19.0 Å². The quantitative estimate of drug-likeness (QED) is 0.541. The summed E-state index contributed by atoms with van der Waals surface area (Å²) < 4.78 is 13.0. The second kappa shape index (κ2) is 2.87. The molecule has 0 N–H and O–H groups in total. The molecule has 0 saturated carbocycles. The predicted octanol–water partition coefficient (Wildman–Crippen LogP) is 1.54. The van der Waals surface area contributed by atoms with Crippen molar-refractivity contribution in [2.24, 2.45) is 11.8 Å². The summed E-state index contributed by atoms with van der Waals surface area (Å²) in [5.41, 5.74) is 0. The summed E-state index contributed by atoms with van der Waals surface area (Å²) in [5, 5.41) is 0. The van der Waals surface area contributed by atoms with Gasteiger partial charge in [-0.15, -0.1) is 0 Å². The van der Waals surface area contributed by atoms with E-state index in [-0.39, 0.29) is 5.92 Å². The Morgan fingerprint density at radius 1 is 1.40 bits per heavy atom. The molecule has 1 fully saturated rings. The van der Waals surface area contributed by atoms with Crippen LogP contribution in [0.3, 0.4) is 0 Å². The average molecular weight is 145 g/mol. The van der Waals surface area contributed by atoms with E-state index in [2.05, 4.69) is 18.7 Å². The molecule has 2 unspecified atom stereocenters. The first-order valence-corrected chi connectivity index (χ1v) is 3.94. The number of hydrogen-bond donors (Lipinski definition) is 0. The zero-order valence-electron chi connectivity index (χ0n) is 6.97. The van der Waals surface area contributed by atoms with Crippen molar-refractivity contribution in [3.05, 3.63) is 0 Å². The fourth-order valence-electron chi connectivity index (χ4n) is 1.61. The third-order valence-electron chi connectivity index (χ3n) is 2.33. The molecule has 0 aromatic rings. The van der Waals surface area contributed by atoms with Crippen molar-refractivity contribution in [1.29, 1.82) is 0 Å². The lowest BCUT2D eigenvalue weighted by atomic mass is 9.94. The van der Waals surface area contributed by atoms with Gasteiger partial charge in [0.05, 0.1) is 0 Å². The average Bonchev–Trinajstić information content (AvgIpc) is 2.10. The van der Waals surface area contributed by atoms with Crippen molar-refractivity contribution in [3.8, 4) is 0 Å². The van der Waals surface area contributed by atoms with Crippen molar-refractivity contribution in [3.63, 3.8) is 0 Å². The Balaban J connectivity index is 2.46. The highest BCUT2D eigenvalue weighted by atomic mass is 19.1. The lowest BCUT2D eigenvalue weighted by molar-refractivity contribution is 0.234. The molecule has 10 heavy (non-hydrogen) atoms. The van der Waals surface area contributed by atoms with Gasteiger partial charge in [0.25, 0.3) is 0 Å². The summed E-state index contributed by atoms with van der Waals surface area (Å²) in [7, 11) is 1.98. The smallest absolute Gasteiger partial charge is 0.117 e. The van der Waals surface area contributed by atoms with Crippen LogP contribution in [0, 0.1) is 11.8 Å². The molecule has 1 aliphatic heterocycles. The second-order valence-corrected chi connectivity index (χ2v) is 3.65. The van der Waals surface area contributed by atoms with E-state index in [0.717, 1.165) is 6.54 Å². The zero-order valence-corrected chi connectivity index (χ0v) is 6.97. The van der Waals surface area contributed by atoms with Crippen molar-refractivity contribution in [1.82, 2.24) is 4.90 Å². The van der Waals surface area contributed by atoms with E-state index in [9.17, 15) is 4.39 Å². The van der Waals surface area contributed by atoms with Crippen LogP contribution in [0.4, 0.5) is 4.39 Å². The molecular formula is C8H16FN. The third-order valence-corrected chi connectivity index (χ3v) is 2.33. The fraction of sp³-hybridized carbons (Fsp3) is 1.00. The Morgan fingerprint density at radius 3 is 2.20 bits per heavy atom. The van der Waals surface area contributed by atoms with Crippen LogP contribution in [0.1, 0.15) is 13.8 Å². The molecule has 0 spiro atoms. The normalized spacial score (nSPS) is 35.7. The third kappa shape index (κ3) is 1.48. The Hall–Kier alpha value is -0.110. The van der Waals surface area contributed by atoms with Crippen LogP contribution in [0.15, 0.2) is 0 Å². The van der Waals surface area contributed by atoms with Gasteiger partial charge >= 0.3 is 0 Å². The Bertz CT molecular complexity index is 114. The molecule has 2 heteroatoms. The minimum atomic E-state index is -0.593. The van der Waals surface area contributed by atoms with Crippen molar-refractivity contribution >= 4 is 0 Å². The topological polar surface area (TPSA) is 3.24 Å². The van der Waals surface area contributed by atoms with E-state index < -0.39 is 6.17 Å². The summed E-state index contributed by atoms with van der Waals surface area (Å²) in [6.45, 7) is 5.74. The minimum absolute atomic E-state index is 0.269. The maximum Gasteiger partial charge on any atom is 0.117 e. The van der Waals surface area contributed by atoms with Crippen LogP contribution < -0.4 is 0 Å². The standard InChI is InChI=1S/C8H16FN/c1-6(2)7-4-10(3)5-8(7)9/h6-8H,4-5H2,1-3H3. The summed E-state index contributed by atoms with van der Waals surface area (Å²) in [6, 6.07) is 0. The number of rotatable bonds is 1. The molecule has 1 saturated heterocycles. The molecule has 0 amide bonds. The molecule has 60 valence electrons. The lowest BCUT2D eigenvalue weighted by Gasteiger charge is -2.15. The first-order chi connectivity index (χ1) is 4.61. The van der Waals surface area contributed by atoms with E-state index in [4.69, 9.17) is 0 Å². The lowest BCUT2D eigenvalue weighted by Crippen LogP contribution is -2.19. The minimum Gasteiger partial charge on any atom is -0.303 e. The predicted molar refractivity (Wildman–Crippen MR) is 40.7 cm³/mol. The van der Waals surface area contributed by atoms with Crippen molar-refractivity contribution in [2.75, 3.05) is 20.1 Å². The van der Waals surface area contributed by atoms with E-state index in [1.165, 1.54) is 0 Å². The SMILES string of the molecule is CC(C)C1CN(C)CC1F. The van der Waals surface area contributed by atoms with Crippen LogP contribution in [-0.4, -0.2) is 31.2 Å². The van der Waals surface area contributed by atoms with Crippen LogP contribution in [0.2, 0.25) is 0 Å². The van der Waals surface area contributed by atoms with Crippen LogP contribution in [-0.2, 0) is 0 Å². The molecule has 0 bridgehead atoms. The molecule has 2 atom stereocenters. The van der Waals surface area contributed by atoms with Crippen LogP contribution in [0.5, 0.6) is 0 Å². The summed E-state index contributed by atoms with van der Waals surface area (Å²) in [6.07, 6.45) is -0.593. The van der Waals surface area contributed by atoms with Gasteiger partial charge in [-0.3, -0.25) is 0 Å². The molecule has 0 aromatic heterocycles. The first kappa shape index (κ1) is 7.99. The fourth-order valence-corrected chi connectivity index (χ4v) is 1.61. The van der Waals surface area contributed by atoms with E-state index >= 15 is 0 Å². The molecule has 1 heterocycles. The van der Waals surface area contributed by atoms with E-state index in [1.54, 1.807) is 0 Å². The Labute approximate surface area is 62.2 Å². The maximum atomic E-state index is 13.0. The highest BCUT2D eigenvalue weighted by molar-refractivity contribution is 4.83.